The lowest BCUT2D eigenvalue weighted by Crippen LogP contribution is -2.07. The summed E-state index contributed by atoms with van der Waals surface area (Å²) in [7, 11) is 0. The quantitative estimate of drug-likeness (QED) is 0.826. The fourth-order valence-corrected chi connectivity index (χ4v) is 2.04. The number of aryl methyl sites for hydroxylation is 1. The molecule has 0 atom stereocenters. The second-order valence-corrected chi connectivity index (χ2v) is 4.45. The minimum Gasteiger partial charge on any atom is -0.435 e. The first kappa shape index (κ1) is 14.4. The number of alkyl halides is 2. The Labute approximate surface area is 117 Å². The van der Waals surface area contributed by atoms with Gasteiger partial charge in [0.1, 0.15) is 5.75 Å². The predicted octanol–water partition coefficient (Wildman–Crippen LogP) is 4.11. The van der Waals surface area contributed by atoms with Gasteiger partial charge in [0.25, 0.3) is 0 Å². The molecule has 0 bridgehead atoms. The zero-order chi connectivity index (χ0) is 14.4. The van der Waals surface area contributed by atoms with Gasteiger partial charge in [-0.15, -0.1) is 0 Å². The highest BCUT2D eigenvalue weighted by molar-refractivity contribution is 5.48. The highest BCUT2D eigenvalue weighted by Gasteiger charge is 2.05. The molecule has 0 aliphatic heterocycles. The largest absolute Gasteiger partial charge is 0.435 e. The molecule has 0 aliphatic carbocycles. The summed E-state index contributed by atoms with van der Waals surface area (Å²) in [5.74, 6) is 0.161. The van der Waals surface area contributed by atoms with Gasteiger partial charge in [-0.25, -0.2) is 0 Å². The van der Waals surface area contributed by atoms with Gasteiger partial charge in [-0.2, -0.15) is 8.78 Å². The monoisotopic (exact) mass is 280 g/mol. The summed E-state index contributed by atoms with van der Waals surface area (Å²) in [6.07, 6.45) is 3.11. The number of halogens is 2. The zero-order valence-corrected chi connectivity index (χ0v) is 11.4. The highest BCUT2D eigenvalue weighted by Crippen LogP contribution is 2.20. The summed E-state index contributed by atoms with van der Waals surface area (Å²) in [5.41, 5.74) is 1.92. The van der Waals surface area contributed by atoms with Gasteiger partial charge >= 0.3 is 6.61 Å². The van der Waals surface area contributed by atoms with E-state index >= 15 is 0 Å². The van der Waals surface area contributed by atoms with Crippen LogP contribution in [0.5, 0.6) is 5.75 Å². The Morgan fingerprint density at radius 1 is 1.25 bits per heavy atom. The zero-order valence-electron chi connectivity index (χ0n) is 11.4. The van der Waals surface area contributed by atoms with E-state index in [0.717, 1.165) is 24.3 Å². The van der Waals surface area contributed by atoms with Gasteiger partial charge in [-0.1, -0.05) is 13.0 Å². The SMILES string of the molecule is CCCn1cccc1CNc1cccc(OC(F)F)c1. The molecular weight excluding hydrogens is 262 g/mol. The predicted molar refractivity (Wildman–Crippen MR) is 75.1 cm³/mol. The van der Waals surface area contributed by atoms with Crippen molar-refractivity contribution in [2.24, 2.45) is 0 Å². The van der Waals surface area contributed by atoms with E-state index in [-0.39, 0.29) is 5.75 Å². The molecule has 2 aromatic rings. The topological polar surface area (TPSA) is 26.2 Å². The van der Waals surface area contributed by atoms with E-state index in [9.17, 15) is 8.78 Å². The first-order valence-electron chi connectivity index (χ1n) is 6.62. The minimum absolute atomic E-state index is 0.161. The molecule has 0 amide bonds. The van der Waals surface area contributed by atoms with Crippen LogP contribution in [0.15, 0.2) is 42.6 Å². The van der Waals surface area contributed by atoms with Crippen LogP contribution in [0.25, 0.3) is 0 Å². The average Bonchev–Trinajstić information content (AvgIpc) is 2.84. The summed E-state index contributed by atoms with van der Waals surface area (Å²) in [5, 5.41) is 3.21. The Morgan fingerprint density at radius 3 is 2.85 bits per heavy atom. The van der Waals surface area contributed by atoms with Gasteiger partial charge in [0.2, 0.25) is 0 Å². The Bertz CT molecular complexity index is 540. The van der Waals surface area contributed by atoms with Gasteiger partial charge in [-0.3, -0.25) is 0 Å². The maximum atomic E-state index is 12.2. The van der Waals surface area contributed by atoms with Crippen LogP contribution in [0.4, 0.5) is 14.5 Å². The van der Waals surface area contributed by atoms with Crippen molar-refractivity contribution >= 4 is 5.69 Å². The molecule has 0 fully saturated rings. The first-order chi connectivity index (χ1) is 9.69. The average molecular weight is 280 g/mol. The van der Waals surface area contributed by atoms with Crippen molar-refractivity contribution in [2.75, 3.05) is 5.32 Å². The van der Waals surface area contributed by atoms with Gasteiger partial charge in [0.05, 0.1) is 6.54 Å². The fourth-order valence-electron chi connectivity index (χ4n) is 2.04. The van der Waals surface area contributed by atoms with Crippen molar-refractivity contribution in [3.05, 3.63) is 48.3 Å². The normalized spacial score (nSPS) is 10.8. The molecule has 108 valence electrons. The lowest BCUT2D eigenvalue weighted by Gasteiger charge is -2.11. The van der Waals surface area contributed by atoms with E-state index in [1.165, 1.54) is 6.07 Å². The maximum absolute atomic E-state index is 12.2. The van der Waals surface area contributed by atoms with Crippen molar-refractivity contribution < 1.29 is 13.5 Å². The molecule has 0 saturated heterocycles. The number of aromatic nitrogens is 1. The summed E-state index contributed by atoms with van der Waals surface area (Å²) in [6.45, 7) is 0.943. The van der Waals surface area contributed by atoms with Gasteiger partial charge in [0.15, 0.2) is 0 Å². The van der Waals surface area contributed by atoms with Crippen LogP contribution < -0.4 is 10.1 Å². The number of hydrogen-bond acceptors (Lipinski definition) is 2. The van der Waals surface area contributed by atoms with Gasteiger partial charge < -0.3 is 14.6 Å². The molecule has 1 heterocycles. The van der Waals surface area contributed by atoms with Crippen LogP contribution in [0, 0.1) is 0 Å². The molecular formula is C15H18F2N2O. The highest BCUT2D eigenvalue weighted by atomic mass is 19.3. The second-order valence-electron chi connectivity index (χ2n) is 4.45. The fraction of sp³-hybridized carbons (Fsp3) is 0.333. The molecule has 0 unspecified atom stereocenters. The molecule has 5 heteroatoms. The molecule has 2 rings (SSSR count). The third-order valence-electron chi connectivity index (χ3n) is 2.92. The molecule has 3 nitrogen and oxygen atoms in total. The molecule has 0 radical (unpaired) electrons. The van der Waals surface area contributed by atoms with Crippen molar-refractivity contribution in [1.29, 1.82) is 0 Å². The molecule has 20 heavy (non-hydrogen) atoms. The van der Waals surface area contributed by atoms with E-state index in [4.69, 9.17) is 0 Å². The lowest BCUT2D eigenvalue weighted by molar-refractivity contribution is -0.0498. The molecule has 0 saturated carbocycles. The van der Waals surface area contributed by atoms with Crippen LogP contribution in [0.1, 0.15) is 19.0 Å². The third-order valence-corrected chi connectivity index (χ3v) is 2.92. The number of nitrogens with one attached hydrogen (secondary N) is 1. The van der Waals surface area contributed by atoms with Gasteiger partial charge in [0, 0.05) is 30.2 Å². The van der Waals surface area contributed by atoms with E-state index in [1.54, 1.807) is 12.1 Å². The van der Waals surface area contributed by atoms with Gasteiger partial charge in [-0.05, 0) is 30.7 Å². The number of ether oxygens (including phenoxy) is 1. The minimum atomic E-state index is -2.80. The second kappa shape index (κ2) is 6.93. The van der Waals surface area contributed by atoms with E-state index < -0.39 is 6.61 Å². The van der Waals surface area contributed by atoms with Crippen molar-refractivity contribution in [3.8, 4) is 5.75 Å². The van der Waals surface area contributed by atoms with Crippen LogP contribution >= 0.6 is 0 Å². The summed E-state index contributed by atoms with van der Waals surface area (Å²) in [4.78, 5) is 0. The maximum Gasteiger partial charge on any atom is 0.387 e. The Balaban J connectivity index is 1.98. The third kappa shape index (κ3) is 3.98. The summed E-state index contributed by atoms with van der Waals surface area (Å²) >= 11 is 0. The van der Waals surface area contributed by atoms with Crippen LogP contribution in [-0.2, 0) is 13.1 Å². The molecule has 1 N–H and O–H groups in total. The molecule has 1 aromatic heterocycles. The Hall–Kier alpha value is -2.04. The number of benzene rings is 1. The smallest absolute Gasteiger partial charge is 0.387 e. The summed E-state index contributed by atoms with van der Waals surface area (Å²) < 4.78 is 30.9. The van der Waals surface area contributed by atoms with Crippen molar-refractivity contribution in [3.63, 3.8) is 0 Å². The van der Waals surface area contributed by atoms with E-state index in [1.807, 2.05) is 24.4 Å². The number of rotatable bonds is 7. The summed E-state index contributed by atoms with van der Waals surface area (Å²) in [6, 6.07) is 10.6. The number of anilines is 1. The van der Waals surface area contributed by atoms with Crippen LogP contribution in [-0.4, -0.2) is 11.2 Å². The van der Waals surface area contributed by atoms with Crippen molar-refractivity contribution in [2.45, 2.75) is 33.0 Å². The molecule has 1 aromatic carbocycles. The first-order valence-corrected chi connectivity index (χ1v) is 6.62. The number of nitrogens with zero attached hydrogens (tertiary/aromatic N) is 1. The molecule has 0 spiro atoms. The van der Waals surface area contributed by atoms with Crippen LogP contribution in [0.3, 0.4) is 0 Å². The van der Waals surface area contributed by atoms with Crippen LogP contribution in [0.2, 0.25) is 0 Å². The van der Waals surface area contributed by atoms with E-state index in [0.29, 0.717) is 6.54 Å². The van der Waals surface area contributed by atoms with Crippen molar-refractivity contribution in [1.82, 2.24) is 4.57 Å². The lowest BCUT2D eigenvalue weighted by atomic mass is 10.3. The Morgan fingerprint density at radius 2 is 2.10 bits per heavy atom. The molecule has 0 aliphatic rings. The number of hydrogen-bond donors (Lipinski definition) is 1. The van der Waals surface area contributed by atoms with E-state index in [2.05, 4.69) is 21.5 Å². The Kier molecular flexibility index (Phi) is 4.98. The standard InChI is InChI=1S/C15H18F2N2O/c1-2-8-19-9-4-6-13(19)11-18-12-5-3-7-14(10-12)20-15(16)17/h3-7,9-10,15,18H,2,8,11H2,1H3.